The average molecular weight is 345 g/mol. The second-order valence-electron chi connectivity index (χ2n) is 7.33. The van der Waals surface area contributed by atoms with Gasteiger partial charge in [-0.05, 0) is 37.7 Å². The topological polar surface area (TPSA) is 66.8 Å². The molecule has 1 aromatic carbocycles. The van der Waals surface area contributed by atoms with E-state index < -0.39 is 11.9 Å². The normalized spacial score (nSPS) is 22.2. The van der Waals surface area contributed by atoms with Crippen LogP contribution in [0.4, 0.5) is 0 Å². The number of aliphatic carboxylic acids is 1. The van der Waals surface area contributed by atoms with Crippen LogP contribution in [-0.2, 0) is 20.7 Å². The van der Waals surface area contributed by atoms with Gasteiger partial charge in [-0.15, -0.1) is 0 Å². The molecule has 0 aliphatic carbocycles. The number of hydrogen-bond acceptors (Lipinski definition) is 3. The molecule has 2 saturated heterocycles. The Balaban J connectivity index is 1.49. The van der Waals surface area contributed by atoms with Crippen molar-refractivity contribution in [2.75, 3.05) is 26.3 Å². The van der Waals surface area contributed by atoms with Crippen LogP contribution in [-0.4, -0.2) is 48.2 Å². The summed E-state index contributed by atoms with van der Waals surface area (Å²) in [5.74, 6) is -1.13. The maximum Gasteiger partial charge on any atom is 0.308 e. The van der Waals surface area contributed by atoms with Gasteiger partial charge in [-0.3, -0.25) is 9.59 Å². The summed E-state index contributed by atoms with van der Waals surface area (Å²) < 4.78 is 5.41. The fourth-order valence-corrected chi connectivity index (χ4v) is 4.19. The number of benzene rings is 1. The molecule has 136 valence electrons. The lowest BCUT2D eigenvalue weighted by atomic mass is 9.72. The zero-order valence-electron chi connectivity index (χ0n) is 14.7. The molecule has 5 nitrogen and oxygen atoms in total. The largest absolute Gasteiger partial charge is 0.481 e. The number of carbonyl (C=O) groups excluding carboxylic acids is 1. The predicted octanol–water partition coefficient (Wildman–Crippen LogP) is 2.74. The van der Waals surface area contributed by atoms with Gasteiger partial charge < -0.3 is 14.7 Å². The molecule has 2 fully saturated rings. The molecule has 1 unspecified atom stereocenters. The van der Waals surface area contributed by atoms with E-state index in [-0.39, 0.29) is 11.3 Å². The third-order valence-electron chi connectivity index (χ3n) is 5.74. The van der Waals surface area contributed by atoms with Gasteiger partial charge in [0.25, 0.3) is 0 Å². The van der Waals surface area contributed by atoms with Gasteiger partial charge in [0.15, 0.2) is 0 Å². The maximum atomic E-state index is 12.6. The lowest BCUT2D eigenvalue weighted by Gasteiger charge is -2.36. The maximum absolute atomic E-state index is 12.6. The summed E-state index contributed by atoms with van der Waals surface area (Å²) in [5, 5.41) is 9.59. The highest BCUT2D eigenvalue weighted by atomic mass is 16.5. The lowest BCUT2D eigenvalue weighted by molar-refractivity contribution is -0.146. The lowest BCUT2D eigenvalue weighted by Crippen LogP contribution is -2.40. The molecule has 3 rings (SSSR count). The van der Waals surface area contributed by atoms with Gasteiger partial charge in [-0.2, -0.15) is 0 Å². The summed E-state index contributed by atoms with van der Waals surface area (Å²) >= 11 is 0. The molecule has 2 aliphatic heterocycles. The van der Waals surface area contributed by atoms with Crippen LogP contribution in [0.3, 0.4) is 0 Å². The Hall–Kier alpha value is -1.88. The summed E-state index contributed by atoms with van der Waals surface area (Å²) in [4.78, 5) is 26.0. The number of carbonyl (C=O) groups is 2. The number of hydrogen-bond donors (Lipinski definition) is 1. The molecular formula is C20H27NO4. The van der Waals surface area contributed by atoms with Crippen molar-refractivity contribution in [1.82, 2.24) is 4.90 Å². The first-order valence-electron chi connectivity index (χ1n) is 9.23. The van der Waals surface area contributed by atoms with Crippen LogP contribution in [0.2, 0.25) is 0 Å². The van der Waals surface area contributed by atoms with Gasteiger partial charge in [0.1, 0.15) is 0 Å². The first kappa shape index (κ1) is 17.9. The fourth-order valence-electron chi connectivity index (χ4n) is 4.19. The van der Waals surface area contributed by atoms with Crippen LogP contribution in [0.5, 0.6) is 0 Å². The number of rotatable bonds is 6. The molecular weight excluding hydrogens is 318 g/mol. The summed E-state index contributed by atoms with van der Waals surface area (Å²) in [7, 11) is 0. The minimum atomic E-state index is -0.777. The first-order valence-corrected chi connectivity index (χ1v) is 9.23. The molecule has 1 spiro atoms. The van der Waals surface area contributed by atoms with Crippen LogP contribution in [0.25, 0.3) is 0 Å². The van der Waals surface area contributed by atoms with E-state index in [4.69, 9.17) is 4.74 Å². The molecule has 1 atom stereocenters. The number of nitrogens with zero attached hydrogens (tertiary/aromatic N) is 1. The minimum absolute atomic E-state index is 0.0997. The van der Waals surface area contributed by atoms with Gasteiger partial charge in [-0.1, -0.05) is 30.3 Å². The van der Waals surface area contributed by atoms with E-state index in [9.17, 15) is 14.7 Å². The third-order valence-corrected chi connectivity index (χ3v) is 5.74. The zero-order valence-corrected chi connectivity index (χ0v) is 14.7. The number of unbranched alkanes of at least 4 members (excludes halogenated alkanes) is 1. The Morgan fingerprint density at radius 3 is 2.56 bits per heavy atom. The van der Waals surface area contributed by atoms with Gasteiger partial charge in [0, 0.05) is 38.1 Å². The number of amides is 1. The number of carboxylic acids is 1. The molecule has 0 aromatic heterocycles. The van der Waals surface area contributed by atoms with Gasteiger partial charge in [0.2, 0.25) is 5.91 Å². The first-order chi connectivity index (χ1) is 12.1. The van der Waals surface area contributed by atoms with Crippen LogP contribution in [0.15, 0.2) is 30.3 Å². The van der Waals surface area contributed by atoms with Crippen LogP contribution >= 0.6 is 0 Å². The van der Waals surface area contributed by atoms with Gasteiger partial charge in [-0.25, -0.2) is 0 Å². The monoisotopic (exact) mass is 345 g/mol. The molecule has 25 heavy (non-hydrogen) atoms. The zero-order chi connectivity index (χ0) is 17.7. The molecule has 1 N–H and O–H groups in total. The molecule has 0 bridgehead atoms. The van der Waals surface area contributed by atoms with Crippen molar-refractivity contribution in [3.05, 3.63) is 35.9 Å². The summed E-state index contributed by atoms with van der Waals surface area (Å²) in [5.41, 5.74) is 1.01. The molecule has 1 aromatic rings. The number of likely N-dealkylation sites (tertiary alicyclic amines) is 1. The van der Waals surface area contributed by atoms with E-state index in [1.54, 1.807) is 4.90 Å². The van der Waals surface area contributed by atoms with Crippen molar-refractivity contribution < 1.29 is 19.4 Å². The molecule has 2 aliphatic rings. The van der Waals surface area contributed by atoms with Crippen LogP contribution in [0.1, 0.15) is 37.7 Å². The molecule has 1 amide bonds. The van der Waals surface area contributed by atoms with Gasteiger partial charge in [0.05, 0.1) is 5.92 Å². The SMILES string of the molecule is O=C(O)C1CN(C(=O)CCCCc2ccccc2)CC12CCOCC2. The molecule has 5 heteroatoms. The smallest absolute Gasteiger partial charge is 0.308 e. The van der Waals surface area contributed by atoms with Crippen molar-refractivity contribution in [2.45, 2.75) is 38.5 Å². The van der Waals surface area contributed by atoms with E-state index in [0.29, 0.717) is 32.7 Å². The molecule has 0 saturated carbocycles. The standard InChI is InChI=1S/C20H27NO4/c22-18(9-5-4-8-16-6-2-1-3-7-16)21-14-17(19(23)24)20(15-21)10-12-25-13-11-20/h1-3,6-7,17H,4-5,8-15H2,(H,23,24). The predicted molar refractivity (Wildman–Crippen MR) is 94.2 cm³/mol. The van der Waals surface area contributed by atoms with Crippen LogP contribution in [0, 0.1) is 11.3 Å². The highest BCUT2D eigenvalue weighted by molar-refractivity contribution is 5.79. The highest BCUT2D eigenvalue weighted by Crippen LogP contribution is 2.44. The highest BCUT2D eigenvalue weighted by Gasteiger charge is 2.51. The van der Waals surface area contributed by atoms with Crippen molar-refractivity contribution in [3.63, 3.8) is 0 Å². The Morgan fingerprint density at radius 2 is 1.88 bits per heavy atom. The summed E-state index contributed by atoms with van der Waals surface area (Å²) in [6.07, 6.45) is 4.78. The van der Waals surface area contributed by atoms with E-state index >= 15 is 0 Å². The van der Waals surface area contributed by atoms with Crippen molar-refractivity contribution >= 4 is 11.9 Å². The quantitative estimate of drug-likeness (QED) is 0.805. The van der Waals surface area contributed by atoms with Crippen molar-refractivity contribution in [1.29, 1.82) is 0 Å². The Kier molecular flexibility index (Phi) is 5.74. The Labute approximate surface area is 149 Å². The van der Waals surface area contributed by atoms with Crippen molar-refractivity contribution in [2.24, 2.45) is 11.3 Å². The number of ether oxygens (including phenoxy) is 1. The van der Waals surface area contributed by atoms with E-state index in [2.05, 4.69) is 12.1 Å². The fraction of sp³-hybridized carbons (Fsp3) is 0.600. The third kappa shape index (κ3) is 4.21. The Bertz CT molecular complexity index is 595. The second-order valence-corrected chi connectivity index (χ2v) is 7.33. The van der Waals surface area contributed by atoms with E-state index in [1.165, 1.54) is 5.56 Å². The van der Waals surface area contributed by atoms with Crippen molar-refractivity contribution in [3.8, 4) is 0 Å². The van der Waals surface area contributed by atoms with E-state index in [1.807, 2.05) is 18.2 Å². The second kappa shape index (κ2) is 8.00. The van der Waals surface area contributed by atoms with Gasteiger partial charge >= 0.3 is 5.97 Å². The molecule has 2 heterocycles. The number of carboxylic acid groups (broad SMARTS) is 1. The summed E-state index contributed by atoms with van der Waals surface area (Å²) in [6, 6.07) is 10.3. The van der Waals surface area contributed by atoms with Crippen LogP contribution < -0.4 is 0 Å². The minimum Gasteiger partial charge on any atom is -0.481 e. The van der Waals surface area contributed by atoms with E-state index in [0.717, 1.165) is 32.1 Å². The number of aryl methyl sites for hydroxylation is 1. The Morgan fingerprint density at radius 1 is 1.16 bits per heavy atom. The molecule has 0 radical (unpaired) electrons. The average Bonchev–Trinajstić information content (AvgIpc) is 2.99. The summed E-state index contributed by atoms with van der Waals surface area (Å²) in [6.45, 7) is 2.13.